The van der Waals surface area contributed by atoms with Gasteiger partial charge in [-0.15, -0.1) is 0 Å². The summed E-state index contributed by atoms with van der Waals surface area (Å²) in [6.07, 6.45) is 2.79. The van der Waals surface area contributed by atoms with E-state index in [4.69, 9.17) is 9.47 Å². The van der Waals surface area contributed by atoms with Gasteiger partial charge in [0, 0.05) is 20.1 Å². The number of methoxy groups -OCH3 is 2. The number of ether oxygens (including phenoxy) is 2. The van der Waals surface area contributed by atoms with Crippen LogP contribution in [0.5, 0.6) is 11.5 Å². The number of aromatic nitrogens is 2. The molecule has 1 aliphatic heterocycles. The van der Waals surface area contributed by atoms with Crippen molar-refractivity contribution in [3.05, 3.63) is 65.6 Å². The molecule has 1 aromatic heterocycles. The number of hydrogen-bond acceptors (Lipinski definition) is 4. The van der Waals surface area contributed by atoms with E-state index in [1.54, 1.807) is 14.2 Å². The van der Waals surface area contributed by atoms with Crippen LogP contribution in [0.25, 0.3) is 11.3 Å². The summed E-state index contributed by atoms with van der Waals surface area (Å²) >= 11 is 0. The molecule has 0 saturated carbocycles. The smallest absolute Gasteiger partial charge is 0.194 e. The Hall–Kier alpha value is -3.48. The molecule has 7 heteroatoms. The molecule has 0 aliphatic carbocycles. The topological polar surface area (TPSA) is 74.8 Å². The number of aliphatic imine (C=N–C) groups is 1. The predicted octanol–water partition coefficient (Wildman–Crippen LogP) is 3.23. The average molecular weight is 406 g/mol. The summed E-state index contributed by atoms with van der Waals surface area (Å²) in [6, 6.07) is 14.3. The molecule has 0 spiro atoms. The van der Waals surface area contributed by atoms with Crippen molar-refractivity contribution in [2.24, 2.45) is 4.99 Å². The lowest BCUT2D eigenvalue weighted by Gasteiger charge is -2.32. The Balaban J connectivity index is 1.43. The van der Waals surface area contributed by atoms with Crippen molar-refractivity contribution in [2.75, 3.05) is 27.8 Å². The minimum atomic E-state index is 0.578. The largest absolute Gasteiger partial charge is 0.493 e. The van der Waals surface area contributed by atoms with Crippen LogP contribution >= 0.6 is 0 Å². The Labute approximate surface area is 176 Å². The van der Waals surface area contributed by atoms with Crippen molar-refractivity contribution >= 4 is 5.96 Å². The van der Waals surface area contributed by atoms with Crippen molar-refractivity contribution in [1.82, 2.24) is 20.2 Å². The summed E-state index contributed by atoms with van der Waals surface area (Å²) in [5.41, 5.74) is 4.65. The van der Waals surface area contributed by atoms with Gasteiger partial charge in [0.1, 0.15) is 5.82 Å². The van der Waals surface area contributed by atoms with Crippen LogP contribution in [0.2, 0.25) is 0 Å². The van der Waals surface area contributed by atoms with E-state index in [1.807, 2.05) is 31.4 Å². The molecule has 0 unspecified atom stereocenters. The van der Waals surface area contributed by atoms with Gasteiger partial charge in [0.15, 0.2) is 17.5 Å². The van der Waals surface area contributed by atoms with Crippen LogP contribution in [0, 0.1) is 0 Å². The summed E-state index contributed by atoms with van der Waals surface area (Å²) in [7, 11) is 5.14. The minimum Gasteiger partial charge on any atom is -0.493 e. The molecular formula is C23H27N5O2. The van der Waals surface area contributed by atoms with Gasteiger partial charge in [-0.05, 0) is 35.2 Å². The van der Waals surface area contributed by atoms with E-state index in [0.717, 1.165) is 54.1 Å². The summed E-state index contributed by atoms with van der Waals surface area (Å²) < 4.78 is 10.9. The molecule has 2 heterocycles. The maximum Gasteiger partial charge on any atom is 0.194 e. The fourth-order valence-corrected chi connectivity index (χ4v) is 3.78. The number of guanidine groups is 1. The van der Waals surface area contributed by atoms with Crippen molar-refractivity contribution in [3.63, 3.8) is 0 Å². The number of rotatable bonds is 5. The lowest BCUT2D eigenvalue weighted by molar-refractivity contribution is 0.346. The molecule has 3 aromatic rings. The molecule has 4 rings (SSSR count). The standard InChI is InChI=1S/C23H27N5O2/c1-24-23(26-14-22-25-13-19(27-22)16-7-5-4-6-8-16)28-10-9-17-11-20(29-2)21(30-3)12-18(17)15-28/h4-8,11-13H,9-10,14-15H2,1-3H3,(H,24,26)(H,25,27). The predicted molar refractivity (Wildman–Crippen MR) is 118 cm³/mol. The fraction of sp³-hybridized carbons (Fsp3) is 0.304. The molecule has 0 atom stereocenters. The molecule has 0 fully saturated rings. The van der Waals surface area contributed by atoms with Crippen LogP contribution < -0.4 is 14.8 Å². The second-order valence-corrected chi connectivity index (χ2v) is 7.16. The Bertz CT molecular complexity index is 1030. The highest BCUT2D eigenvalue weighted by atomic mass is 16.5. The van der Waals surface area contributed by atoms with Crippen LogP contribution in [0.3, 0.4) is 0 Å². The highest BCUT2D eigenvalue weighted by molar-refractivity contribution is 5.80. The highest BCUT2D eigenvalue weighted by Crippen LogP contribution is 2.33. The lowest BCUT2D eigenvalue weighted by atomic mass is 9.99. The van der Waals surface area contributed by atoms with E-state index in [-0.39, 0.29) is 0 Å². The van der Waals surface area contributed by atoms with Crippen molar-refractivity contribution in [3.8, 4) is 22.8 Å². The van der Waals surface area contributed by atoms with Gasteiger partial charge in [0.25, 0.3) is 0 Å². The molecule has 156 valence electrons. The molecule has 2 N–H and O–H groups in total. The third kappa shape index (κ3) is 4.10. The molecule has 0 amide bonds. The number of aromatic amines is 1. The number of nitrogens with one attached hydrogen (secondary N) is 2. The molecule has 0 radical (unpaired) electrons. The van der Waals surface area contributed by atoms with E-state index in [1.165, 1.54) is 11.1 Å². The van der Waals surface area contributed by atoms with Crippen LogP contribution in [0.15, 0.2) is 53.7 Å². The number of hydrogen-bond donors (Lipinski definition) is 2. The number of fused-ring (bicyclic) bond motifs is 1. The molecule has 30 heavy (non-hydrogen) atoms. The number of imidazole rings is 1. The number of nitrogens with zero attached hydrogens (tertiary/aromatic N) is 3. The van der Waals surface area contributed by atoms with Gasteiger partial charge in [-0.2, -0.15) is 0 Å². The second kappa shape index (κ2) is 8.90. The first-order valence-electron chi connectivity index (χ1n) is 10.0. The molecule has 2 aromatic carbocycles. The molecule has 1 aliphatic rings. The summed E-state index contributed by atoms with van der Waals surface area (Å²) in [4.78, 5) is 14.6. The van der Waals surface area contributed by atoms with Gasteiger partial charge in [0.2, 0.25) is 0 Å². The maximum absolute atomic E-state index is 5.47. The van der Waals surface area contributed by atoms with Crippen molar-refractivity contribution < 1.29 is 9.47 Å². The van der Waals surface area contributed by atoms with Gasteiger partial charge >= 0.3 is 0 Å². The molecule has 7 nitrogen and oxygen atoms in total. The molecule has 0 bridgehead atoms. The summed E-state index contributed by atoms with van der Waals surface area (Å²) in [6.45, 7) is 2.23. The third-order valence-electron chi connectivity index (χ3n) is 5.36. The zero-order chi connectivity index (χ0) is 20.9. The van der Waals surface area contributed by atoms with E-state index in [2.05, 4.69) is 49.4 Å². The van der Waals surface area contributed by atoms with E-state index < -0.39 is 0 Å². The molecular weight excluding hydrogens is 378 g/mol. The van der Waals surface area contributed by atoms with Crippen LogP contribution in [0.1, 0.15) is 17.0 Å². The van der Waals surface area contributed by atoms with E-state index in [9.17, 15) is 0 Å². The van der Waals surface area contributed by atoms with Gasteiger partial charge in [-0.1, -0.05) is 30.3 Å². The molecule has 0 saturated heterocycles. The van der Waals surface area contributed by atoms with Crippen LogP contribution in [-0.4, -0.2) is 48.6 Å². The zero-order valence-corrected chi connectivity index (χ0v) is 17.6. The van der Waals surface area contributed by atoms with Crippen LogP contribution in [-0.2, 0) is 19.5 Å². The highest BCUT2D eigenvalue weighted by Gasteiger charge is 2.21. The van der Waals surface area contributed by atoms with Crippen molar-refractivity contribution in [2.45, 2.75) is 19.5 Å². The first-order valence-corrected chi connectivity index (χ1v) is 10.0. The van der Waals surface area contributed by atoms with Crippen LogP contribution in [0.4, 0.5) is 0 Å². The minimum absolute atomic E-state index is 0.578. The first kappa shape index (κ1) is 19.8. The lowest BCUT2D eigenvalue weighted by Crippen LogP contribution is -2.43. The number of benzene rings is 2. The van der Waals surface area contributed by atoms with Gasteiger partial charge in [-0.3, -0.25) is 4.99 Å². The summed E-state index contributed by atoms with van der Waals surface area (Å²) in [5.74, 6) is 3.26. The third-order valence-corrected chi connectivity index (χ3v) is 5.36. The zero-order valence-electron chi connectivity index (χ0n) is 17.6. The van der Waals surface area contributed by atoms with E-state index in [0.29, 0.717) is 6.54 Å². The first-order chi connectivity index (χ1) is 14.7. The Morgan fingerprint density at radius 3 is 2.57 bits per heavy atom. The summed E-state index contributed by atoms with van der Waals surface area (Å²) in [5, 5.41) is 3.43. The van der Waals surface area contributed by atoms with E-state index >= 15 is 0 Å². The monoisotopic (exact) mass is 405 g/mol. The van der Waals surface area contributed by atoms with Gasteiger partial charge in [-0.25, -0.2) is 4.98 Å². The fourth-order valence-electron chi connectivity index (χ4n) is 3.78. The quantitative estimate of drug-likeness (QED) is 0.504. The maximum atomic E-state index is 5.47. The second-order valence-electron chi connectivity index (χ2n) is 7.16. The number of H-pyrrole nitrogens is 1. The Morgan fingerprint density at radius 2 is 1.87 bits per heavy atom. The van der Waals surface area contributed by atoms with Crippen molar-refractivity contribution in [1.29, 1.82) is 0 Å². The van der Waals surface area contributed by atoms with Gasteiger partial charge in [0.05, 0.1) is 32.7 Å². The Morgan fingerprint density at radius 1 is 1.13 bits per heavy atom. The normalized spacial score (nSPS) is 13.7. The SMILES string of the molecule is CN=C(NCc1ncc(-c2ccccc2)[nH]1)N1CCc2cc(OC)c(OC)cc2C1. The Kier molecular flexibility index (Phi) is 5.88. The average Bonchev–Trinajstić information content (AvgIpc) is 3.28. The van der Waals surface area contributed by atoms with Gasteiger partial charge < -0.3 is 24.7 Å².